The summed E-state index contributed by atoms with van der Waals surface area (Å²) in [5.74, 6) is 1.51. The van der Waals surface area contributed by atoms with Crippen LogP contribution < -0.4 is 16.0 Å². The zero-order valence-electron chi connectivity index (χ0n) is 30.5. The molecule has 0 spiro atoms. The van der Waals surface area contributed by atoms with Crippen molar-refractivity contribution in [2.24, 2.45) is 9.98 Å². The summed E-state index contributed by atoms with van der Waals surface area (Å²) in [6.45, 7) is 16.4. The molecule has 0 bridgehead atoms. The normalized spacial score (nSPS) is 12.9. The van der Waals surface area contributed by atoms with Crippen molar-refractivity contribution < 1.29 is 19.1 Å². The summed E-state index contributed by atoms with van der Waals surface area (Å²) in [7, 11) is 0. The first-order valence-electron chi connectivity index (χ1n) is 17.0. The van der Waals surface area contributed by atoms with Crippen LogP contribution in [0.2, 0.25) is 0 Å². The van der Waals surface area contributed by atoms with Gasteiger partial charge in [-0.15, -0.1) is 0 Å². The van der Waals surface area contributed by atoms with Gasteiger partial charge in [0.25, 0.3) is 0 Å². The number of alkyl carbamates (subject to hydrolysis) is 1. The van der Waals surface area contributed by atoms with E-state index in [-0.39, 0.29) is 0 Å². The molecule has 1 aliphatic heterocycles. The van der Waals surface area contributed by atoms with Crippen molar-refractivity contribution in [2.75, 3.05) is 10.6 Å². The minimum Gasteiger partial charge on any atom is -0.444 e. The van der Waals surface area contributed by atoms with Gasteiger partial charge in [-0.2, -0.15) is 4.99 Å². The van der Waals surface area contributed by atoms with Crippen LogP contribution in [0.1, 0.15) is 59.6 Å². The summed E-state index contributed by atoms with van der Waals surface area (Å²) in [6.07, 6.45) is -0.458. The Kier molecular flexibility index (Phi) is 9.71. The van der Waals surface area contributed by atoms with Crippen molar-refractivity contribution in [2.45, 2.75) is 66.1 Å². The molecule has 4 N–H and O–H groups in total. The summed E-state index contributed by atoms with van der Waals surface area (Å²) in [4.78, 5) is 41.3. The van der Waals surface area contributed by atoms with Gasteiger partial charge in [0.15, 0.2) is 0 Å². The van der Waals surface area contributed by atoms with Gasteiger partial charge < -0.3 is 25.1 Å². The van der Waals surface area contributed by atoms with E-state index in [1.54, 1.807) is 48.5 Å². The lowest BCUT2D eigenvalue weighted by atomic mass is 10.00. The van der Waals surface area contributed by atoms with Crippen LogP contribution in [0.3, 0.4) is 0 Å². The molecule has 6 rings (SSSR count). The van der Waals surface area contributed by atoms with Gasteiger partial charge in [-0.05, 0) is 125 Å². The second-order valence-electron chi connectivity index (χ2n) is 14.6. The first kappa shape index (κ1) is 35.6. The minimum absolute atomic E-state index is 0.314. The van der Waals surface area contributed by atoms with E-state index in [9.17, 15) is 9.59 Å². The third-order valence-corrected chi connectivity index (χ3v) is 7.82. The molecule has 52 heavy (non-hydrogen) atoms. The monoisotopic (exact) mass is 697 g/mol. The third kappa shape index (κ3) is 9.11. The molecule has 0 aliphatic carbocycles. The van der Waals surface area contributed by atoms with E-state index in [2.05, 4.69) is 62.8 Å². The standard InChI is InChI=1S/C41H43N7O4/c1-24(44-38(49)51-40(3,4)5)42-31-16-11-26(12-17-31)34-23-30-10-9-28(21-35(30)46-34)29-15-20-33-36(22-29)48-37(47-33)27-13-18-32(19-14-27)43-25(2)45-39(50)52-41(6,7)8/h9-22,43H,2,23H2,1,3-8H3,(H,45,50)(H,47,48)(H,42,44,49). The molecule has 11 nitrogen and oxygen atoms in total. The van der Waals surface area contributed by atoms with E-state index in [4.69, 9.17) is 19.5 Å². The van der Waals surface area contributed by atoms with Gasteiger partial charge in [-0.25, -0.2) is 14.6 Å². The van der Waals surface area contributed by atoms with Crippen LogP contribution in [0.25, 0.3) is 33.5 Å². The zero-order chi connectivity index (χ0) is 37.2. The van der Waals surface area contributed by atoms with Crippen LogP contribution in [-0.2, 0) is 15.9 Å². The quantitative estimate of drug-likeness (QED) is 0.0980. The first-order valence-corrected chi connectivity index (χ1v) is 17.0. The number of carbonyl (C=O) groups excluding carboxylic acids is 2. The molecule has 1 aliphatic rings. The molecule has 4 aromatic carbocycles. The van der Waals surface area contributed by atoms with Crippen molar-refractivity contribution in [3.8, 4) is 22.5 Å². The van der Waals surface area contributed by atoms with E-state index >= 15 is 0 Å². The molecule has 0 saturated heterocycles. The number of hydrogen-bond acceptors (Lipinski definition) is 7. The average molecular weight is 698 g/mol. The molecule has 0 atom stereocenters. The van der Waals surface area contributed by atoms with Crippen molar-refractivity contribution in [3.63, 3.8) is 0 Å². The number of nitrogens with zero attached hydrogens (tertiary/aromatic N) is 3. The molecule has 0 unspecified atom stereocenters. The molecule has 0 radical (unpaired) electrons. The second-order valence-corrected chi connectivity index (χ2v) is 14.6. The van der Waals surface area contributed by atoms with Crippen LogP contribution in [0.5, 0.6) is 0 Å². The predicted molar refractivity (Wildman–Crippen MR) is 208 cm³/mol. The van der Waals surface area contributed by atoms with E-state index in [1.165, 1.54) is 5.56 Å². The molecular formula is C41H43N7O4. The SMILES string of the molecule is C=C(NC(=O)OC(C)(C)C)Nc1ccc(-c2nc3cc(-c4ccc5c(c4)N=C(c4ccc(NC(C)=NC(=O)OC(C)(C)C)cc4)C5)ccc3[nH]2)cc1. The number of amidine groups is 1. The maximum Gasteiger partial charge on any atom is 0.435 e. The van der Waals surface area contributed by atoms with Gasteiger partial charge >= 0.3 is 12.2 Å². The number of rotatable bonds is 7. The fourth-order valence-electron chi connectivity index (χ4n) is 5.60. The number of fused-ring (bicyclic) bond motifs is 2. The van der Waals surface area contributed by atoms with Gasteiger partial charge in [0.2, 0.25) is 0 Å². The lowest BCUT2D eigenvalue weighted by Gasteiger charge is -2.20. The highest BCUT2D eigenvalue weighted by Crippen LogP contribution is 2.35. The van der Waals surface area contributed by atoms with E-state index in [1.807, 2.05) is 54.6 Å². The topological polar surface area (TPSA) is 142 Å². The summed E-state index contributed by atoms with van der Waals surface area (Å²) < 4.78 is 10.5. The Hall–Kier alpha value is -6.23. The molecule has 2 heterocycles. The number of benzene rings is 4. The second kappa shape index (κ2) is 14.2. The Morgan fingerprint density at radius 3 is 2.04 bits per heavy atom. The molecule has 11 heteroatoms. The number of aromatic nitrogens is 2. The number of amides is 2. The summed E-state index contributed by atoms with van der Waals surface area (Å²) in [5.41, 5.74) is 9.34. The van der Waals surface area contributed by atoms with Crippen molar-refractivity contribution >= 4 is 51.8 Å². The van der Waals surface area contributed by atoms with Crippen molar-refractivity contribution in [1.82, 2.24) is 15.3 Å². The van der Waals surface area contributed by atoms with E-state index in [0.29, 0.717) is 11.7 Å². The maximum absolute atomic E-state index is 12.0. The molecule has 5 aromatic rings. The molecule has 0 fully saturated rings. The third-order valence-electron chi connectivity index (χ3n) is 7.82. The predicted octanol–water partition coefficient (Wildman–Crippen LogP) is 9.75. The highest BCUT2D eigenvalue weighted by molar-refractivity contribution is 6.07. The van der Waals surface area contributed by atoms with Crippen LogP contribution in [-0.4, -0.2) is 44.9 Å². The fraction of sp³-hybridized carbons (Fsp3) is 0.244. The van der Waals surface area contributed by atoms with Crippen LogP contribution in [0.15, 0.2) is 107 Å². The number of carbonyl (C=O) groups is 2. The Labute approximate surface area is 303 Å². The summed E-state index contributed by atoms with van der Waals surface area (Å²) >= 11 is 0. The van der Waals surface area contributed by atoms with Gasteiger partial charge in [0.1, 0.15) is 28.7 Å². The van der Waals surface area contributed by atoms with Crippen LogP contribution in [0.4, 0.5) is 26.7 Å². The highest BCUT2D eigenvalue weighted by atomic mass is 16.6. The molecule has 266 valence electrons. The number of H-pyrrole nitrogens is 1. The maximum atomic E-state index is 12.0. The Morgan fingerprint density at radius 1 is 0.769 bits per heavy atom. The number of anilines is 2. The number of imidazole rings is 1. The first-order chi connectivity index (χ1) is 24.6. The smallest absolute Gasteiger partial charge is 0.435 e. The Morgan fingerprint density at radius 2 is 1.37 bits per heavy atom. The van der Waals surface area contributed by atoms with Gasteiger partial charge in [0, 0.05) is 23.4 Å². The lowest BCUT2D eigenvalue weighted by molar-refractivity contribution is 0.0544. The fourth-order valence-corrected chi connectivity index (χ4v) is 5.60. The van der Waals surface area contributed by atoms with Crippen molar-refractivity contribution in [1.29, 1.82) is 0 Å². The summed E-state index contributed by atoms with van der Waals surface area (Å²) in [5, 5.41) is 8.81. The minimum atomic E-state index is -0.628. The molecule has 1 aromatic heterocycles. The molecule has 2 amide bonds. The van der Waals surface area contributed by atoms with Gasteiger partial charge in [0.05, 0.1) is 22.4 Å². The Balaban J connectivity index is 1.10. The van der Waals surface area contributed by atoms with E-state index in [0.717, 1.165) is 68.3 Å². The highest BCUT2D eigenvalue weighted by Gasteiger charge is 2.19. The van der Waals surface area contributed by atoms with Gasteiger partial charge in [-0.1, -0.05) is 36.9 Å². The number of aromatic amines is 1. The molecule has 0 saturated carbocycles. The zero-order valence-corrected chi connectivity index (χ0v) is 30.5. The lowest BCUT2D eigenvalue weighted by Crippen LogP contribution is -2.33. The van der Waals surface area contributed by atoms with Crippen LogP contribution >= 0.6 is 0 Å². The number of hydrogen-bond donors (Lipinski definition) is 4. The van der Waals surface area contributed by atoms with Crippen LogP contribution in [0, 0.1) is 0 Å². The number of ether oxygens (including phenoxy) is 2. The number of nitrogens with one attached hydrogen (secondary N) is 4. The average Bonchev–Trinajstić information content (AvgIpc) is 3.67. The van der Waals surface area contributed by atoms with Gasteiger partial charge in [-0.3, -0.25) is 10.3 Å². The van der Waals surface area contributed by atoms with Crippen molar-refractivity contribution in [3.05, 3.63) is 108 Å². The largest absolute Gasteiger partial charge is 0.444 e. The number of aliphatic imine (C=N–C) groups is 2. The Bertz CT molecular complexity index is 2220. The molecular weight excluding hydrogens is 654 g/mol. The van der Waals surface area contributed by atoms with E-state index < -0.39 is 23.4 Å². The summed E-state index contributed by atoms with van der Waals surface area (Å²) in [6, 6.07) is 28.2.